The van der Waals surface area contributed by atoms with Gasteiger partial charge in [0.05, 0.1) is 11.4 Å². The van der Waals surface area contributed by atoms with Gasteiger partial charge in [-0.25, -0.2) is 9.97 Å². The van der Waals surface area contributed by atoms with Crippen LogP contribution < -0.4 is 4.90 Å². The topological polar surface area (TPSA) is 42.2 Å². The Hall–Kier alpha value is -8.34. The zero-order chi connectivity index (χ0) is 41.2. The van der Waals surface area contributed by atoms with E-state index in [4.69, 9.17) is 14.4 Å². The maximum atomic E-state index is 6.11. The van der Waals surface area contributed by atoms with E-state index in [2.05, 4.69) is 193 Å². The summed E-state index contributed by atoms with van der Waals surface area (Å²) in [6, 6.07) is 82.9. The minimum Gasteiger partial charge on any atom is -0.456 e. The van der Waals surface area contributed by atoms with Crippen molar-refractivity contribution >= 4 is 39.0 Å². The summed E-state index contributed by atoms with van der Waals surface area (Å²) in [7, 11) is 0. The van der Waals surface area contributed by atoms with Gasteiger partial charge < -0.3 is 9.32 Å². The monoisotopic (exact) mass is 793 g/mol. The molecular weight excluding hydrogens is 755 g/mol. The molecule has 11 aromatic rings. The highest BCUT2D eigenvalue weighted by Gasteiger charge is 2.16. The fraction of sp³-hybridized carbons (Fsp3) is 0. The molecule has 0 aliphatic carbocycles. The van der Waals surface area contributed by atoms with Gasteiger partial charge >= 0.3 is 0 Å². The van der Waals surface area contributed by atoms with Crippen molar-refractivity contribution in [3.05, 3.63) is 237 Å². The van der Waals surface area contributed by atoms with Crippen molar-refractivity contribution in [2.75, 3.05) is 4.90 Å². The summed E-state index contributed by atoms with van der Waals surface area (Å²) in [6.07, 6.45) is 0. The van der Waals surface area contributed by atoms with Crippen LogP contribution in [-0.2, 0) is 0 Å². The molecule has 0 atom stereocenters. The molecular formula is C58H39N3O. The Morgan fingerprint density at radius 3 is 1.19 bits per heavy atom. The van der Waals surface area contributed by atoms with Crippen molar-refractivity contribution in [1.29, 1.82) is 0 Å². The lowest BCUT2D eigenvalue weighted by Crippen LogP contribution is -2.09. The lowest BCUT2D eigenvalue weighted by atomic mass is 10.0. The molecule has 0 aliphatic rings. The van der Waals surface area contributed by atoms with E-state index in [1.807, 2.05) is 48.5 Å². The number of rotatable bonds is 9. The number of fused-ring (bicyclic) bond motifs is 3. The van der Waals surface area contributed by atoms with E-state index in [1.165, 1.54) is 11.1 Å². The van der Waals surface area contributed by atoms with Gasteiger partial charge in [-0.05, 0) is 94.0 Å². The molecule has 0 spiro atoms. The van der Waals surface area contributed by atoms with Gasteiger partial charge in [0.1, 0.15) is 11.2 Å². The Balaban J connectivity index is 0.913. The van der Waals surface area contributed by atoms with E-state index in [0.29, 0.717) is 5.82 Å². The fourth-order valence-corrected chi connectivity index (χ4v) is 8.29. The molecule has 0 saturated carbocycles. The normalized spacial score (nSPS) is 11.2. The first-order chi connectivity index (χ1) is 30.7. The van der Waals surface area contributed by atoms with Crippen LogP contribution in [0, 0.1) is 0 Å². The predicted octanol–water partition coefficient (Wildman–Crippen LogP) is 15.8. The molecule has 62 heavy (non-hydrogen) atoms. The summed E-state index contributed by atoms with van der Waals surface area (Å²) in [6.45, 7) is 0. The van der Waals surface area contributed by atoms with E-state index in [9.17, 15) is 0 Å². The molecule has 2 heterocycles. The molecule has 11 rings (SSSR count). The Bertz CT molecular complexity index is 3230. The van der Waals surface area contributed by atoms with Gasteiger partial charge in [0.15, 0.2) is 5.82 Å². The second kappa shape index (κ2) is 16.0. The summed E-state index contributed by atoms with van der Waals surface area (Å²) < 4.78 is 6.11. The van der Waals surface area contributed by atoms with Gasteiger partial charge in [0.25, 0.3) is 0 Å². The van der Waals surface area contributed by atoms with E-state index < -0.39 is 0 Å². The molecule has 0 saturated heterocycles. The molecule has 4 heteroatoms. The largest absolute Gasteiger partial charge is 0.456 e. The second-order valence-electron chi connectivity index (χ2n) is 15.4. The first kappa shape index (κ1) is 36.7. The zero-order valence-corrected chi connectivity index (χ0v) is 33.8. The highest BCUT2D eigenvalue weighted by molar-refractivity contribution is 6.06. The fourth-order valence-electron chi connectivity index (χ4n) is 8.29. The zero-order valence-electron chi connectivity index (χ0n) is 33.8. The summed E-state index contributed by atoms with van der Waals surface area (Å²) in [5.41, 5.74) is 16.8. The minimum atomic E-state index is 0.708. The van der Waals surface area contributed by atoms with Crippen molar-refractivity contribution in [2.45, 2.75) is 0 Å². The summed E-state index contributed by atoms with van der Waals surface area (Å²) in [5.74, 6) is 0.708. The number of hydrogen-bond donors (Lipinski definition) is 0. The number of aromatic nitrogens is 2. The molecule has 2 aromatic heterocycles. The lowest BCUT2D eigenvalue weighted by molar-refractivity contribution is 0.669. The van der Waals surface area contributed by atoms with Crippen LogP contribution in [0.2, 0.25) is 0 Å². The highest BCUT2D eigenvalue weighted by atomic mass is 16.3. The SMILES string of the molecule is c1ccc(-c2ccc(N(c3ccc(-c4ccc(-c5cc(-c6ccccc6)nc(-c6ccccc6)n5)cc4)cc3)c3ccc(-c4ccc5oc6ccccc6c5c4)cc3)cc2)cc1. The van der Waals surface area contributed by atoms with Crippen molar-refractivity contribution in [1.82, 2.24) is 9.97 Å². The van der Waals surface area contributed by atoms with E-state index >= 15 is 0 Å². The summed E-state index contributed by atoms with van der Waals surface area (Å²) >= 11 is 0. The third-order valence-corrected chi connectivity index (χ3v) is 11.5. The molecule has 0 aliphatic heterocycles. The molecule has 0 amide bonds. The van der Waals surface area contributed by atoms with Crippen LogP contribution >= 0.6 is 0 Å². The average molecular weight is 794 g/mol. The molecule has 4 nitrogen and oxygen atoms in total. The van der Waals surface area contributed by atoms with Crippen molar-refractivity contribution in [2.24, 2.45) is 0 Å². The van der Waals surface area contributed by atoms with Crippen molar-refractivity contribution in [3.63, 3.8) is 0 Å². The molecule has 0 unspecified atom stereocenters. The maximum absolute atomic E-state index is 6.11. The second-order valence-corrected chi connectivity index (χ2v) is 15.4. The Morgan fingerprint density at radius 2 is 0.645 bits per heavy atom. The van der Waals surface area contributed by atoms with E-state index in [0.717, 1.165) is 89.3 Å². The number of hydrogen-bond acceptors (Lipinski definition) is 4. The van der Waals surface area contributed by atoms with Crippen LogP contribution in [0.25, 0.3) is 89.2 Å². The van der Waals surface area contributed by atoms with E-state index in [1.54, 1.807) is 0 Å². The molecule has 0 radical (unpaired) electrons. The van der Waals surface area contributed by atoms with Crippen LogP contribution in [0.3, 0.4) is 0 Å². The predicted molar refractivity (Wildman–Crippen MR) is 257 cm³/mol. The summed E-state index contributed by atoms with van der Waals surface area (Å²) in [5, 5.41) is 2.26. The molecule has 0 N–H and O–H groups in total. The number of nitrogens with zero attached hydrogens (tertiary/aromatic N) is 3. The highest BCUT2D eigenvalue weighted by Crippen LogP contribution is 2.39. The lowest BCUT2D eigenvalue weighted by Gasteiger charge is -2.26. The van der Waals surface area contributed by atoms with Crippen LogP contribution in [0.4, 0.5) is 17.1 Å². The Kier molecular flexibility index (Phi) is 9.49. The van der Waals surface area contributed by atoms with Crippen LogP contribution in [-0.4, -0.2) is 9.97 Å². The first-order valence-electron chi connectivity index (χ1n) is 20.9. The molecule has 9 aromatic carbocycles. The number of furan rings is 1. The number of benzene rings is 9. The summed E-state index contributed by atoms with van der Waals surface area (Å²) in [4.78, 5) is 12.3. The van der Waals surface area contributed by atoms with Gasteiger partial charge in [-0.3, -0.25) is 0 Å². The van der Waals surface area contributed by atoms with Gasteiger partial charge in [-0.2, -0.15) is 0 Å². The number of anilines is 3. The molecule has 0 fully saturated rings. The van der Waals surface area contributed by atoms with Crippen LogP contribution in [0.5, 0.6) is 0 Å². The number of para-hydroxylation sites is 1. The average Bonchev–Trinajstić information content (AvgIpc) is 3.74. The Morgan fingerprint density at radius 1 is 0.274 bits per heavy atom. The maximum Gasteiger partial charge on any atom is 0.160 e. The van der Waals surface area contributed by atoms with Crippen LogP contribution in [0.15, 0.2) is 241 Å². The van der Waals surface area contributed by atoms with Crippen molar-refractivity contribution in [3.8, 4) is 67.3 Å². The van der Waals surface area contributed by atoms with E-state index in [-0.39, 0.29) is 0 Å². The van der Waals surface area contributed by atoms with Crippen molar-refractivity contribution < 1.29 is 4.42 Å². The standard InChI is InChI=1S/C58H39N3O/c1-4-12-40(13-5-1)42-24-31-49(32-25-42)61(51-35-28-44(29-36-51)48-30-37-57-53(38-48)52-18-10-11-19-56(52)62-57)50-33-26-43(27-34-50)41-20-22-46(23-21-41)55-39-54(45-14-6-2-7-15-45)59-58(60-55)47-16-8-3-9-17-47/h1-39H. The van der Waals surface area contributed by atoms with Crippen LogP contribution in [0.1, 0.15) is 0 Å². The molecule has 0 bridgehead atoms. The van der Waals surface area contributed by atoms with Gasteiger partial charge in [-0.15, -0.1) is 0 Å². The smallest absolute Gasteiger partial charge is 0.160 e. The third kappa shape index (κ3) is 7.20. The first-order valence-corrected chi connectivity index (χ1v) is 20.9. The minimum absolute atomic E-state index is 0.708. The third-order valence-electron chi connectivity index (χ3n) is 11.5. The van der Waals surface area contributed by atoms with Gasteiger partial charge in [0.2, 0.25) is 0 Å². The van der Waals surface area contributed by atoms with Gasteiger partial charge in [0, 0.05) is 44.5 Å². The Labute approximate surface area is 360 Å². The quantitative estimate of drug-likeness (QED) is 0.146. The van der Waals surface area contributed by atoms with Gasteiger partial charge in [-0.1, -0.05) is 176 Å². The molecule has 292 valence electrons.